The minimum absolute atomic E-state index is 0.368. The van der Waals surface area contributed by atoms with E-state index < -0.39 is 0 Å². The van der Waals surface area contributed by atoms with Crippen LogP contribution in [0.3, 0.4) is 0 Å². The number of ether oxygens (including phenoxy) is 1. The lowest BCUT2D eigenvalue weighted by Gasteiger charge is -2.11. The molecule has 0 saturated heterocycles. The molecule has 0 amide bonds. The highest BCUT2D eigenvalue weighted by molar-refractivity contribution is 5.79. The van der Waals surface area contributed by atoms with Gasteiger partial charge in [-0.3, -0.25) is 4.98 Å². The monoisotopic (exact) mass is 228 g/mol. The number of hydrogen-bond donors (Lipinski definition) is 1. The predicted octanol–water partition coefficient (Wildman–Crippen LogP) is 3.29. The molecule has 1 atom stereocenters. The average molecular weight is 228 g/mol. The Bertz CT molecular complexity index is 510. The molecule has 1 N–H and O–H groups in total. The Balaban J connectivity index is 2.06. The van der Waals surface area contributed by atoms with Gasteiger partial charge in [0.05, 0.1) is 12.1 Å². The molecular formula is C14H16N2O. The molecule has 17 heavy (non-hydrogen) atoms. The molecule has 88 valence electrons. The first kappa shape index (κ1) is 11.6. The molecule has 0 aliphatic heterocycles. The summed E-state index contributed by atoms with van der Waals surface area (Å²) in [6.45, 7) is 2.71. The van der Waals surface area contributed by atoms with Crippen molar-refractivity contribution in [1.82, 2.24) is 4.98 Å². The first-order valence-electron chi connectivity index (χ1n) is 5.76. The van der Waals surface area contributed by atoms with Gasteiger partial charge in [0.1, 0.15) is 5.75 Å². The van der Waals surface area contributed by atoms with Gasteiger partial charge in [-0.05, 0) is 36.8 Å². The molecule has 0 aliphatic carbocycles. The molecule has 3 nitrogen and oxygen atoms in total. The Morgan fingerprint density at radius 1 is 1.41 bits per heavy atom. The van der Waals surface area contributed by atoms with Gasteiger partial charge in [-0.25, -0.2) is 0 Å². The van der Waals surface area contributed by atoms with Crippen molar-refractivity contribution in [1.29, 1.82) is 5.41 Å². The van der Waals surface area contributed by atoms with Gasteiger partial charge in [-0.1, -0.05) is 13.0 Å². The van der Waals surface area contributed by atoms with Crippen LogP contribution < -0.4 is 4.74 Å². The highest BCUT2D eigenvalue weighted by atomic mass is 16.5. The van der Waals surface area contributed by atoms with E-state index in [1.165, 1.54) is 6.21 Å². The standard InChI is InChI=1S/C14H16N2O/c1-11(6-7-15)10-17-13-5-4-12-3-2-8-16-14(12)9-13/h2-5,7-9,11,15H,6,10H2,1H3. The summed E-state index contributed by atoms with van der Waals surface area (Å²) < 4.78 is 5.69. The molecule has 1 aromatic heterocycles. The van der Waals surface area contributed by atoms with Gasteiger partial charge < -0.3 is 10.1 Å². The molecule has 0 spiro atoms. The highest BCUT2D eigenvalue weighted by Gasteiger charge is 2.02. The third-order valence-electron chi connectivity index (χ3n) is 2.63. The Morgan fingerprint density at radius 2 is 2.29 bits per heavy atom. The van der Waals surface area contributed by atoms with Gasteiger partial charge in [-0.2, -0.15) is 0 Å². The van der Waals surface area contributed by atoms with Gasteiger partial charge in [0.15, 0.2) is 0 Å². The zero-order valence-electron chi connectivity index (χ0n) is 9.89. The van der Waals surface area contributed by atoms with E-state index >= 15 is 0 Å². The maximum Gasteiger partial charge on any atom is 0.121 e. The number of aromatic nitrogens is 1. The van der Waals surface area contributed by atoms with Crippen LogP contribution in [-0.4, -0.2) is 17.8 Å². The summed E-state index contributed by atoms with van der Waals surface area (Å²) in [4.78, 5) is 4.29. The van der Waals surface area contributed by atoms with E-state index in [1.807, 2.05) is 30.3 Å². The minimum Gasteiger partial charge on any atom is -0.493 e. The van der Waals surface area contributed by atoms with Crippen molar-refractivity contribution in [2.75, 3.05) is 6.61 Å². The fraction of sp³-hybridized carbons (Fsp3) is 0.286. The topological polar surface area (TPSA) is 46.0 Å². The molecule has 2 rings (SSSR count). The van der Waals surface area contributed by atoms with Crippen LogP contribution >= 0.6 is 0 Å². The number of rotatable bonds is 5. The van der Waals surface area contributed by atoms with E-state index in [4.69, 9.17) is 10.1 Å². The summed E-state index contributed by atoms with van der Waals surface area (Å²) in [7, 11) is 0. The molecule has 0 fully saturated rings. The first-order chi connectivity index (χ1) is 8.29. The number of benzene rings is 1. The summed E-state index contributed by atoms with van der Waals surface area (Å²) in [6.07, 6.45) is 3.96. The molecule has 2 aromatic rings. The van der Waals surface area contributed by atoms with Crippen molar-refractivity contribution < 1.29 is 4.74 Å². The number of nitrogens with zero attached hydrogens (tertiary/aromatic N) is 1. The molecule has 1 heterocycles. The molecule has 0 saturated carbocycles. The van der Waals surface area contributed by atoms with Crippen LogP contribution in [0.15, 0.2) is 36.5 Å². The molecule has 1 aromatic carbocycles. The highest BCUT2D eigenvalue weighted by Crippen LogP contribution is 2.19. The largest absolute Gasteiger partial charge is 0.493 e. The summed E-state index contributed by atoms with van der Waals surface area (Å²) in [6, 6.07) is 9.88. The fourth-order valence-electron chi connectivity index (χ4n) is 1.64. The quantitative estimate of drug-likeness (QED) is 0.798. The van der Waals surface area contributed by atoms with E-state index in [-0.39, 0.29) is 0 Å². The fourth-order valence-corrected chi connectivity index (χ4v) is 1.64. The van der Waals surface area contributed by atoms with Crippen molar-refractivity contribution in [3.8, 4) is 5.75 Å². The smallest absolute Gasteiger partial charge is 0.121 e. The zero-order chi connectivity index (χ0) is 12.1. The van der Waals surface area contributed by atoms with Gasteiger partial charge >= 0.3 is 0 Å². The van der Waals surface area contributed by atoms with Gasteiger partial charge in [0.25, 0.3) is 0 Å². The maximum atomic E-state index is 7.03. The van der Waals surface area contributed by atoms with E-state index in [2.05, 4.69) is 11.9 Å². The molecule has 3 heteroatoms. The van der Waals surface area contributed by atoms with Gasteiger partial charge in [0, 0.05) is 17.6 Å². The number of nitrogens with one attached hydrogen (secondary N) is 1. The Hall–Kier alpha value is -1.90. The average Bonchev–Trinajstić information content (AvgIpc) is 2.36. The lowest BCUT2D eigenvalue weighted by atomic mass is 10.1. The van der Waals surface area contributed by atoms with Crippen LogP contribution in [0.4, 0.5) is 0 Å². The zero-order valence-corrected chi connectivity index (χ0v) is 9.89. The Kier molecular flexibility index (Phi) is 3.70. The van der Waals surface area contributed by atoms with E-state index in [0.29, 0.717) is 12.5 Å². The van der Waals surface area contributed by atoms with Crippen molar-refractivity contribution >= 4 is 17.1 Å². The molecule has 1 unspecified atom stereocenters. The number of pyridine rings is 1. The second-order valence-corrected chi connectivity index (χ2v) is 4.21. The molecular weight excluding hydrogens is 212 g/mol. The van der Waals surface area contributed by atoms with Crippen LogP contribution in [0.25, 0.3) is 10.9 Å². The lowest BCUT2D eigenvalue weighted by molar-refractivity contribution is 0.265. The number of hydrogen-bond acceptors (Lipinski definition) is 3. The molecule has 0 radical (unpaired) electrons. The predicted molar refractivity (Wildman–Crippen MR) is 69.8 cm³/mol. The van der Waals surface area contributed by atoms with E-state index in [1.54, 1.807) is 6.20 Å². The van der Waals surface area contributed by atoms with Crippen molar-refractivity contribution in [3.63, 3.8) is 0 Å². The van der Waals surface area contributed by atoms with Crippen LogP contribution in [-0.2, 0) is 0 Å². The molecule has 0 aliphatic rings. The van der Waals surface area contributed by atoms with Crippen LogP contribution in [0.5, 0.6) is 5.75 Å². The van der Waals surface area contributed by atoms with Gasteiger partial charge in [-0.15, -0.1) is 0 Å². The lowest BCUT2D eigenvalue weighted by Crippen LogP contribution is -2.08. The van der Waals surface area contributed by atoms with Crippen molar-refractivity contribution in [2.24, 2.45) is 5.92 Å². The van der Waals surface area contributed by atoms with E-state index in [9.17, 15) is 0 Å². The Labute approximate surface area is 101 Å². The van der Waals surface area contributed by atoms with Gasteiger partial charge in [0.2, 0.25) is 0 Å². The van der Waals surface area contributed by atoms with Crippen molar-refractivity contribution in [2.45, 2.75) is 13.3 Å². The third-order valence-corrected chi connectivity index (χ3v) is 2.63. The van der Waals surface area contributed by atoms with Crippen LogP contribution in [0.2, 0.25) is 0 Å². The first-order valence-corrected chi connectivity index (χ1v) is 5.76. The second-order valence-electron chi connectivity index (χ2n) is 4.21. The summed E-state index contributed by atoms with van der Waals surface area (Å²) in [5, 5.41) is 8.15. The van der Waals surface area contributed by atoms with Crippen molar-refractivity contribution in [3.05, 3.63) is 36.5 Å². The van der Waals surface area contributed by atoms with E-state index in [0.717, 1.165) is 23.1 Å². The molecule has 0 bridgehead atoms. The minimum atomic E-state index is 0.368. The SMILES string of the molecule is CC(CC=N)COc1ccc2cccnc2c1. The Morgan fingerprint density at radius 3 is 3.12 bits per heavy atom. The second kappa shape index (κ2) is 5.43. The third kappa shape index (κ3) is 3.03. The summed E-state index contributed by atoms with van der Waals surface area (Å²) in [5.74, 6) is 1.21. The summed E-state index contributed by atoms with van der Waals surface area (Å²) >= 11 is 0. The summed E-state index contributed by atoms with van der Waals surface area (Å²) in [5.41, 5.74) is 0.949. The normalized spacial score (nSPS) is 12.3. The van der Waals surface area contributed by atoms with Crippen LogP contribution in [0.1, 0.15) is 13.3 Å². The maximum absolute atomic E-state index is 7.03. The number of fused-ring (bicyclic) bond motifs is 1. The van der Waals surface area contributed by atoms with Crippen LogP contribution in [0, 0.1) is 11.3 Å².